The molecule has 0 amide bonds. The molecule has 2 heteroatoms. The van der Waals surface area contributed by atoms with Gasteiger partial charge in [-0.05, 0) is 121 Å². The van der Waals surface area contributed by atoms with Crippen LogP contribution in [0.15, 0.2) is 164 Å². The van der Waals surface area contributed by atoms with Crippen LogP contribution >= 0.6 is 0 Å². The number of fused-ring (bicyclic) bond motifs is 11. The van der Waals surface area contributed by atoms with Crippen LogP contribution in [0.4, 0.5) is 17.1 Å². The molecule has 4 aliphatic rings. The Labute approximate surface area is 317 Å². The Kier molecular flexibility index (Phi) is 6.51. The maximum absolute atomic E-state index is 6.36. The normalized spacial score (nSPS) is 18.7. The number of ether oxygens (including phenoxy) is 1. The van der Waals surface area contributed by atoms with Crippen LogP contribution in [0.2, 0.25) is 0 Å². The molecular weight excluding hydrogens is 655 g/mol. The first-order valence-corrected chi connectivity index (χ1v) is 19.3. The third-order valence-electron chi connectivity index (χ3n) is 12.8. The molecule has 2 nitrogen and oxygen atoms in total. The van der Waals surface area contributed by atoms with E-state index in [-0.39, 0.29) is 22.9 Å². The van der Waals surface area contributed by atoms with E-state index < -0.39 is 0 Å². The Morgan fingerprint density at radius 3 is 1.67 bits per heavy atom. The molecule has 0 spiro atoms. The Morgan fingerprint density at radius 2 is 1.02 bits per heavy atom. The van der Waals surface area contributed by atoms with Crippen LogP contribution in [0.3, 0.4) is 0 Å². The quantitative estimate of drug-likeness (QED) is 0.182. The van der Waals surface area contributed by atoms with Gasteiger partial charge in [0.2, 0.25) is 0 Å². The summed E-state index contributed by atoms with van der Waals surface area (Å²) in [5.74, 6) is 1.24. The first-order valence-electron chi connectivity index (χ1n) is 19.3. The molecule has 3 aliphatic carbocycles. The van der Waals surface area contributed by atoms with E-state index in [1.165, 1.54) is 72.0 Å². The third kappa shape index (κ3) is 4.40. The highest BCUT2D eigenvalue weighted by atomic mass is 16.5. The van der Waals surface area contributed by atoms with Gasteiger partial charge < -0.3 is 9.64 Å². The van der Waals surface area contributed by atoms with E-state index in [0.29, 0.717) is 0 Å². The number of rotatable bonds is 4. The van der Waals surface area contributed by atoms with Crippen molar-refractivity contribution in [3.05, 3.63) is 192 Å². The van der Waals surface area contributed by atoms with Crippen LogP contribution in [0.1, 0.15) is 61.4 Å². The minimum absolute atomic E-state index is 0.0449. The summed E-state index contributed by atoms with van der Waals surface area (Å²) in [6.07, 6.45) is 8.77. The van der Waals surface area contributed by atoms with Crippen LogP contribution in [-0.4, -0.2) is 6.10 Å². The maximum atomic E-state index is 6.36. The summed E-state index contributed by atoms with van der Waals surface area (Å²) < 4.78 is 6.36. The molecular formula is C52H41NO. The van der Waals surface area contributed by atoms with Crippen LogP contribution in [0.25, 0.3) is 44.2 Å². The summed E-state index contributed by atoms with van der Waals surface area (Å²) in [4.78, 5) is 2.44. The van der Waals surface area contributed by atoms with Gasteiger partial charge in [-0.2, -0.15) is 0 Å². The largest absolute Gasteiger partial charge is 0.485 e. The monoisotopic (exact) mass is 695 g/mol. The van der Waals surface area contributed by atoms with E-state index in [0.717, 1.165) is 22.8 Å². The SMILES string of the molecule is CC1(C)c2ccccc2-c2cc(N(c3ccc(-c4ccc5ccc6c(c5c4)C4C=CC=CC4O6)cc3)c3ccc4c(c3)-c3ccccc3C4(C)C)ccc21. The molecule has 0 saturated carbocycles. The minimum Gasteiger partial charge on any atom is -0.485 e. The Balaban J connectivity index is 1.04. The number of hydrogen-bond donors (Lipinski definition) is 0. The summed E-state index contributed by atoms with van der Waals surface area (Å²) in [6, 6.07) is 52.4. The highest BCUT2D eigenvalue weighted by Crippen LogP contribution is 2.53. The molecule has 0 saturated heterocycles. The van der Waals surface area contributed by atoms with Crippen molar-refractivity contribution in [3.63, 3.8) is 0 Å². The highest BCUT2D eigenvalue weighted by Gasteiger charge is 2.38. The number of benzene rings is 7. The van der Waals surface area contributed by atoms with Gasteiger partial charge in [-0.25, -0.2) is 0 Å². The van der Waals surface area contributed by atoms with Gasteiger partial charge in [-0.3, -0.25) is 0 Å². The molecule has 0 aromatic heterocycles. The van der Waals surface area contributed by atoms with Crippen molar-refractivity contribution in [1.82, 2.24) is 0 Å². The lowest BCUT2D eigenvalue weighted by molar-refractivity contribution is 0.269. The Bertz CT molecular complexity index is 2660. The predicted molar refractivity (Wildman–Crippen MR) is 225 cm³/mol. The maximum Gasteiger partial charge on any atom is 0.128 e. The third-order valence-corrected chi connectivity index (χ3v) is 12.8. The molecule has 54 heavy (non-hydrogen) atoms. The zero-order chi connectivity index (χ0) is 36.3. The lowest BCUT2D eigenvalue weighted by Crippen LogP contribution is -2.16. The molecule has 1 heterocycles. The minimum atomic E-state index is -0.0449. The highest BCUT2D eigenvalue weighted by molar-refractivity contribution is 5.94. The molecule has 7 aromatic rings. The first kappa shape index (κ1) is 31.4. The van der Waals surface area contributed by atoms with Crippen molar-refractivity contribution in [1.29, 1.82) is 0 Å². The zero-order valence-corrected chi connectivity index (χ0v) is 31.1. The summed E-state index contributed by atoms with van der Waals surface area (Å²) in [6.45, 7) is 9.40. The first-order chi connectivity index (χ1) is 26.3. The summed E-state index contributed by atoms with van der Waals surface area (Å²) in [5, 5.41) is 2.51. The summed E-state index contributed by atoms with van der Waals surface area (Å²) >= 11 is 0. The second-order valence-electron chi connectivity index (χ2n) is 16.5. The lowest BCUT2D eigenvalue weighted by atomic mass is 9.82. The van der Waals surface area contributed by atoms with Gasteiger partial charge in [-0.15, -0.1) is 0 Å². The van der Waals surface area contributed by atoms with Gasteiger partial charge >= 0.3 is 0 Å². The fourth-order valence-corrected chi connectivity index (χ4v) is 10.0. The molecule has 7 aromatic carbocycles. The smallest absolute Gasteiger partial charge is 0.128 e. The van der Waals surface area contributed by atoms with Crippen LogP contribution < -0.4 is 9.64 Å². The zero-order valence-electron chi connectivity index (χ0n) is 31.1. The Hall–Kier alpha value is -6.12. The van der Waals surface area contributed by atoms with E-state index >= 15 is 0 Å². The second kappa shape index (κ2) is 11.2. The molecule has 0 radical (unpaired) electrons. The summed E-state index contributed by atoms with van der Waals surface area (Å²) in [5.41, 5.74) is 17.9. The van der Waals surface area contributed by atoms with Crippen molar-refractivity contribution in [3.8, 4) is 39.1 Å². The van der Waals surface area contributed by atoms with Crippen molar-refractivity contribution >= 4 is 27.8 Å². The fraction of sp³-hybridized carbons (Fsp3) is 0.154. The van der Waals surface area contributed by atoms with E-state index in [1.807, 2.05) is 0 Å². The second-order valence-corrected chi connectivity index (χ2v) is 16.5. The van der Waals surface area contributed by atoms with Crippen molar-refractivity contribution in [2.45, 2.75) is 50.5 Å². The number of hydrogen-bond acceptors (Lipinski definition) is 2. The molecule has 2 atom stereocenters. The van der Waals surface area contributed by atoms with Gasteiger partial charge in [-0.1, -0.05) is 137 Å². The Morgan fingerprint density at radius 1 is 0.481 bits per heavy atom. The molecule has 11 rings (SSSR count). The standard InChI is InChI=1S/C52H41NO/c1-51(2)44-14-8-5-11-38(44)42-30-36(24-26-46(42)51)53(37-25-27-47-43(31-37)39-12-6-9-15-45(39)52(47,3)4)35-22-19-32(20-23-35)34-18-17-33-21-28-49-50(41(33)29-34)40-13-7-10-16-48(40)54-49/h5-31,40,48H,1-4H3. The van der Waals surface area contributed by atoms with E-state index in [1.54, 1.807) is 0 Å². The topological polar surface area (TPSA) is 12.5 Å². The number of allylic oxidation sites excluding steroid dienone is 2. The molecule has 260 valence electrons. The fourth-order valence-electron chi connectivity index (χ4n) is 10.0. The average molecular weight is 696 g/mol. The van der Waals surface area contributed by atoms with Crippen molar-refractivity contribution < 1.29 is 4.74 Å². The molecule has 0 fully saturated rings. The van der Waals surface area contributed by atoms with Crippen LogP contribution in [0, 0.1) is 0 Å². The molecule has 0 N–H and O–H groups in total. The van der Waals surface area contributed by atoms with Gasteiger partial charge in [0.05, 0.1) is 0 Å². The van der Waals surface area contributed by atoms with E-state index in [9.17, 15) is 0 Å². The summed E-state index contributed by atoms with van der Waals surface area (Å²) in [7, 11) is 0. The predicted octanol–water partition coefficient (Wildman–Crippen LogP) is 13.6. The van der Waals surface area contributed by atoms with Crippen molar-refractivity contribution in [2.24, 2.45) is 0 Å². The molecule has 1 aliphatic heterocycles. The lowest BCUT2D eigenvalue weighted by Gasteiger charge is -2.28. The average Bonchev–Trinajstić information content (AvgIpc) is 3.78. The van der Waals surface area contributed by atoms with Crippen LogP contribution in [-0.2, 0) is 10.8 Å². The van der Waals surface area contributed by atoms with E-state index in [2.05, 4.69) is 196 Å². The van der Waals surface area contributed by atoms with Gasteiger partial charge in [0.25, 0.3) is 0 Å². The number of anilines is 3. The molecule has 0 bridgehead atoms. The van der Waals surface area contributed by atoms with Crippen molar-refractivity contribution in [2.75, 3.05) is 4.90 Å². The number of nitrogens with zero attached hydrogens (tertiary/aromatic N) is 1. The van der Waals surface area contributed by atoms with Gasteiger partial charge in [0, 0.05) is 39.4 Å². The van der Waals surface area contributed by atoms with Gasteiger partial charge in [0.1, 0.15) is 11.9 Å². The van der Waals surface area contributed by atoms with E-state index in [4.69, 9.17) is 4.74 Å². The van der Waals surface area contributed by atoms with Gasteiger partial charge in [0.15, 0.2) is 0 Å². The molecule has 2 unspecified atom stereocenters. The van der Waals surface area contributed by atoms with Crippen LogP contribution in [0.5, 0.6) is 5.75 Å².